The van der Waals surface area contributed by atoms with Gasteiger partial charge in [0.25, 0.3) is 6.33 Å². The minimum Gasteiger partial charge on any atom is -0.510 e. The van der Waals surface area contributed by atoms with Gasteiger partial charge in [0.05, 0.1) is 16.7 Å². The van der Waals surface area contributed by atoms with E-state index >= 15 is 0 Å². The summed E-state index contributed by atoms with van der Waals surface area (Å²) < 4.78 is 13.3. The molecule has 0 atom stereocenters. The number of benzene rings is 9. The minimum absolute atomic E-state index is 0. The third kappa shape index (κ3) is 9.49. The van der Waals surface area contributed by atoms with Gasteiger partial charge < -0.3 is 13.9 Å². The van der Waals surface area contributed by atoms with Gasteiger partial charge >= 0.3 is 0 Å². The summed E-state index contributed by atoms with van der Waals surface area (Å²) in [5.74, 6) is 2.03. The number of nitrogens with zero attached hydrogens (tertiary/aromatic N) is 4. The molecule has 78 heavy (non-hydrogen) atoms. The first-order chi connectivity index (χ1) is 37.7. The van der Waals surface area contributed by atoms with Crippen LogP contribution in [-0.2, 0) is 77.8 Å². The van der Waals surface area contributed by atoms with Gasteiger partial charge in [-0.1, -0.05) is 154 Å². The molecule has 12 aromatic rings. The number of aryl methyl sites for hydroxylation is 8. The van der Waals surface area contributed by atoms with Crippen LogP contribution in [0.4, 0.5) is 0 Å². The number of pyridine rings is 1. The second-order valence-electron chi connectivity index (χ2n) is 22.2. The molecule has 0 radical (unpaired) electrons. The number of para-hydroxylation sites is 3. The Balaban J connectivity index is 0.00000579. The van der Waals surface area contributed by atoms with Crippen molar-refractivity contribution in [3.8, 4) is 50.9 Å². The molecular weight excluding hydrogens is 1130 g/mol. The standard InChI is InChI=1S/C72H58N4O.Pt/c1-72(2,3)58-37-38-73-71(44-58)76-67-12-5-4-11-63(67)64-36-35-62(46-70(64)76)77-61-10-8-9-59(45-61)74-47-75(69-14-7-6-13-68(69)74)60-42-56(65-39-52-25-23-48-15-19-50(20-16-48)27-31-54(65)33-29-52)41-57(43-60)66-40-53-26-24-49-17-21-51(22-18-49)28-32-55(66)34-30-53;/h4-22,29-30,33-44H,23-28,31-32H2,1-3H3;/q-2;. The van der Waals surface area contributed by atoms with Crippen molar-refractivity contribution < 1.29 is 30.4 Å². The Morgan fingerprint density at radius 3 is 1.69 bits per heavy atom. The van der Waals surface area contributed by atoms with Crippen molar-refractivity contribution in [1.29, 1.82) is 0 Å². The molecule has 384 valence electrons. The van der Waals surface area contributed by atoms with Crippen molar-refractivity contribution in [3.63, 3.8) is 0 Å². The monoisotopic (exact) mass is 1190 g/mol. The number of hydrogen-bond donors (Lipinski definition) is 0. The molecule has 0 fully saturated rings. The maximum Gasteiger partial charge on any atom is 0.268 e. The van der Waals surface area contributed by atoms with Crippen LogP contribution in [0.3, 0.4) is 0 Å². The van der Waals surface area contributed by atoms with E-state index in [1.165, 1.54) is 72.3 Å². The topological polar surface area (TPSA) is 35.9 Å². The molecule has 0 saturated carbocycles. The van der Waals surface area contributed by atoms with Gasteiger partial charge in [0.1, 0.15) is 5.82 Å². The fourth-order valence-corrected chi connectivity index (χ4v) is 11.8. The molecule has 8 bridgehead atoms. The average molecular weight is 1190 g/mol. The first kappa shape index (κ1) is 49.5. The number of imidazole rings is 1. The second-order valence-corrected chi connectivity index (χ2v) is 22.2. The van der Waals surface area contributed by atoms with E-state index in [-0.39, 0.29) is 26.5 Å². The Labute approximate surface area is 471 Å². The third-order valence-electron chi connectivity index (χ3n) is 16.1. The average Bonchev–Trinajstić information content (AvgIpc) is 4.05. The molecule has 9 aromatic carbocycles. The van der Waals surface area contributed by atoms with Gasteiger partial charge in [0.15, 0.2) is 0 Å². The number of ether oxygens (including phenoxy) is 1. The van der Waals surface area contributed by atoms with Crippen molar-refractivity contribution in [3.05, 3.63) is 269 Å². The van der Waals surface area contributed by atoms with Crippen molar-refractivity contribution in [2.75, 3.05) is 0 Å². The zero-order valence-corrected chi connectivity index (χ0v) is 46.5. The summed E-state index contributed by atoms with van der Waals surface area (Å²) in [7, 11) is 0. The van der Waals surface area contributed by atoms with Crippen molar-refractivity contribution in [2.24, 2.45) is 0 Å². The molecule has 0 aliphatic heterocycles. The van der Waals surface area contributed by atoms with Crippen molar-refractivity contribution >= 4 is 32.8 Å². The number of hydrogen-bond acceptors (Lipinski definition) is 2. The van der Waals surface area contributed by atoms with Gasteiger partial charge in [0, 0.05) is 44.3 Å². The van der Waals surface area contributed by atoms with E-state index < -0.39 is 0 Å². The van der Waals surface area contributed by atoms with Gasteiger partial charge in [-0.2, -0.15) is 18.2 Å². The number of fused-ring (bicyclic) bond motifs is 4. The fraction of sp³-hybridized carbons (Fsp3) is 0.167. The maximum absolute atomic E-state index is 6.73. The Kier molecular flexibility index (Phi) is 12.9. The Morgan fingerprint density at radius 2 is 1.05 bits per heavy atom. The van der Waals surface area contributed by atoms with Gasteiger partial charge in [-0.3, -0.25) is 4.57 Å². The molecule has 6 heteroatoms. The largest absolute Gasteiger partial charge is 0.510 e. The molecule has 0 N–H and O–H groups in total. The number of aromatic nitrogens is 4. The SMILES string of the molecule is CC(C)(C)c1ccnc(-n2c3[c-]c(Oc4[c-]c(-n5[c-][n+](-c6cc(-c7cc8ccc7CCc7ccc(cc7)CC8)cc(-c7cc8ccc7CCc7ccc(cc7)CC8)c6)c6ccccc65)ccc4)ccc3c3ccccc32)c1.[Pt]. The fourth-order valence-electron chi connectivity index (χ4n) is 11.8. The van der Waals surface area contributed by atoms with Crippen LogP contribution in [-0.4, -0.2) is 14.1 Å². The van der Waals surface area contributed by atoms with Crippen molar-refractivity contribution in [1.82, 2.24) is 14.1 Å². The molecule has 0 saturated heterocycles. The summed E-state index contributed by atoms with van der Waals surface area (Å²) in [6.45, 7) is 6.70. The predicted octanol–water partition coefficient (Wildman–Crippen LogP) is 16.0. The first-order valence-corrected chi connectivity index (χ1v) is 27.3. The van der Waals surface area contributed by atoms with Crippen LogP contribution in [0.2, 0.25) is 0 Å². The summed E-state index contributed by atoms with van der Waals surface area (Å²) in [6, 6.07) is 79.3. The molecule has 3 heterocycles. The summed E-state index contributed by atoms with van der Waals surface area (Å²) >= 11 is 0. The van der Waals surface area contributed by atoms with E-state index in [2.05, 4.69) is 229 Å². The quantitative estimate of drug-likeness (QED) is 0.118. The predicted molar refractivity (Wildman–Crippen MR) is 312 cm³/mol. The Bertz CT molecular complexity index is 4110. The van der Waals surface area contributed by atoms with E-state index in [0.29, 0.717) is 11.5 Å². The van der Waals surface area contributed by atoms with Crippen molar-refractivity contribution in [2.45, 2.75) is 77.6 Å². The molecule has 8 aliphatic rings. The van der Waals surface area contributed by atoms with E-state index in [0.717, 1.165) is 101 Å². The summed E-state index contributed by atoms with van der Waals surface area (Å²) in [5.41, 5.74) is 23.1. The summed E-state index contributed by atoms with van der Waals surface area (Å²) in [5, 5.41) is 2.23. The van der Waals surface area contributed by atoms with Crippen LogP contribution in [0, 0.1) is 18.5 Å². The molecule has 3 aromatic heterocycles. The molecule has 20 rings (SSSR count). The van der Waals surface area contributed by atoms with E-state index in [4.69, 9.17) is 9.72 Å². The molecule has 8 aliphatic carbocycles. The zero-order valence-electron chi connectivity index (χ0n) is 44.2. The minimum atomic E-state index is -0.0335. The molecule has 0 spiro atoms. The third-order valence-corrected chi connectivity index (χ3v) is 16.1. The van der Waals surface area contributed by atoms with Gasteiger partial charge in [0.2, 0.25) is 0 Å². The van der Waals surface area contributed by atoms with Crippen LogP contribution in [0.1, 0.15) is 70.8 Å². The van der Waals surface area contributed by atoms with Crippen LogP contribution in [0.25, 0.3) is 72.3 Å². The van der Waals surface area contributed by atoms with Crippen LogP contribution in [0.15, 0.2) is 200 Å². The zero-order chi connectivity index (χ0) is 51.6. The van der Waals surface area contributed by atoms with E-state index in [9.17, 15) is 0 Å². The first-order valence-electron chi connectivity index (χ1n) is 27.3. The van der Waals surface area contributed by atoms with Gasteiger partial charge in [-0.25, -0.2) is 4.98 Å². The van der Waals surface area contributed by atoms with E-state index in [1.54, 1.807) is 0 Å². The van der Waals surface area contributed by atoms with Crippen LogP contribution >= 0.6 is 0 Å². The summed E-state index contributed by atoms with van der Waals surface area (Å²) in [6.07, 6.45) is 13.7. The van der Waals surface area contributed by atoms with Crippen LogP contribution < -0.4 is 9.30 Å². The van der Waals surface area contributed by atoms with E-state index in [1.807, 2.05) is 24.4 Å². The Morgan fingerprint density at radius 1 is 0.487 bits per heavy atom. The molecular formula is C72H58N4OPt-2. The summed E-state index contributed by atoms with van der Waals surface area (Å²) in [4.78, 5) is 4.89. The maximum atomic E-state index is 6.73. The smallest absolute Gasteiger partial charge is 0.268 e. The Hall–Kier alpha value is -8.11. The second kappa shape index (κ2) is 20.4. The normalized spacial score (nSPS) is 13.3. The molecule has 0 unspecified atom stereocenters. The number of rotatable bonds is 7. The molecule has 5 nitrogen and oxygen atoms in total. The van der Waals surface area contributed by atoms with Gasteiger partial charge in [-0.15, -0.1) is 29.7 Å². The van der Waals surface area contributed by atoms with Crippen LogP contribution in [0.5, 0.6) is 11.5 Å². The van der Waals surface area contributed by atoms with Gasteiger partial charge in [-0.05, 0) is 177 Å². The molecule has 0 amide bonds.